The van der Waals surface area contributed by atoms with Crippen LogP contribution in [0.15, 0.2) is 52.4 Å². The zero-order valence-corrected chi connectivity index (χ0v) is 18.5. The van der Waals surface area contributed by atoms with E-state index in [1.54, 1.807) is 26.0 Å². The van der Waals surface area contributed by atoms with Crippen LogP contribution in [0.5, 0.6) is 0 Å². The number of rotatable bonds is 7. The second-order valence-corrected chi connectivity index (χ2v) is 8.34. The molecule has 0 fully saturated rings. The molecule has 2 aromatic carbocycles. The molecule has 32 heavy (non-hydrogen) atoms. The molecular weight excluding hydrogens is 433 g/mol. The molecule has 1 unspecified atom stereocenters. The Morgan fingerprint density at radius 1 is 1.12 bits per heavy atom. The van der Waals surface area contributed by atoms with Gasteiger partial charge in [0.05, 0.1) is 10.9 Å². The normalized spacial score (nSPS) is 11.6. The number of halogens is 1. The average Bonchev–Trinajstić information content (AvgIpc) is 2.76. The first-order valence-electron chi connectivity index (χ1n) is 9.87. The summed E-state index contributed by atoms with van der Waals surface area (Å²) in [5.74, 6) is -0.923. The van der Waals surface area contributed by atoms with Gasteiger partial charge in [-0.1, -0.05) is 30.3 Å². The second-order valence-electron chi connectivity index (χ2n) is 7.01. The van der Waals surface area contributed by atoms with Gasteiger partial charge < -0.3 is 10.6 Å². The van der Waals surface area contributed by atoms with E-state index in [0.29, 0.717) is 23.4 Å². The highest BCUT2D eigenvalue weighted by Gasteiger charge is 2.19. The molecule has 3 aromatic rings. The highest BCUT2D eigenvalue weighted by Crippen LogP contribution is 2.26. The number of amides is 2. The molecule has 1 atom stereocenters. The molecule has 0 bridgehead atoms. The van der Waals surface area contributed by atoms with E-state index in [1.807, 2.05) is 13.0 Å². The van der Waals surface area contributed by atoms with E-state index in [2.05, 4.69) is 25.8 Å². The molecular formula is C22H22FN5O3S. The van der Waals surface area contributed by atoms with E-state index < -0.39 is 16.6 Å². The number of anilines is 2. The van der Waals surface area contributed by atoms with Gasteiger partial charge in [0.1, 0.15) is 5.82 Å². The van der Waals surface area contributed by atoms with Crippen molar-refractivity contribution in [2.24, 2.45) is 0 Å². The van der Waals surface area contributed by atoms with Crippen molar-refractivity contribution in [2.75, 3.05) is 10.6 Å². The van der Waals surface area contributed by atoms with Gasteiger partial charge in [0.25, 0.3) is 5.56 Å². The number of H-pyrrole nitrogens is 1. The average molecular weight is 456 g/mol. The Labute approximate surface area is 188 Å². The maximum Gasteiger partial charge on any atom is 0.278 e. The molecule has 0 saturated carbocycles. The van der Waals surface area contributed by atoms with Crippen molar-refractivity contribution in [3.63, 3.8) is 0 Å². The molecule has 8 nitrogen and oxygen atoms in total. The van der Waals surface area contributed by atoms with Crippen LogP contribution in [0, 0.1) is 12.7 Å². The molecule has 10 heteroatoms. The molecule has 0 aliphatic rings. The van der Waals surface area contributed by atoms with E-state index in [0.717, 1.165) is 17.3 Å². The first-order chi connectivity index (χ1) is 15.3. The number of nitrogens with one attached hydrogen (secondary N) is 3. The van der Waals surface area contributed by atoms with Crippen LogP contribution in [-0.4, -0.2) is 32.2 Å². The molecule has 0 aliphatic carbocycles. The maximum atomic E-state index is 13.0. The van der Waals surface area contributed by atoms with Gasteiger partial charge in [-0.25, -0.2) is 4.39 Å². The third-order valence-corrected chi connectivity index (χ3v) is 5.45. The van der Waals surface area contributed by atoms with E-state index in [1.165, 1.54) is 24.3 Å². The zero-order chi connectivity index (χ0) is 23.3. The van der Waals surface area contributed by atoms with Crippen molar-refractivity contribution >= 4 is 35.0 Å². The van der Waals surface area contributed by atoms with Gasteiger partial charge in [-0.2, -0.15) is 0 Å². The van der Waals surface area contributed by atoms with Crippen LogP contribution >= 0.6 is 11.8 Å². The summed E-state index contributed by atoms with van der Waals surface area (Å²) in [7, 11) is 0. The lowest BCUT2D eigenvalue weighted by molar-refractivity contribution is -0.116. The van der Waals surface area contributed by atoms with Gasteiger partial charge >= 0.3 is 0 Å². The third kappa shape index (κ3) is 5.79. The highest BCUT2D eigenvalue weighted by molar-refractivity contribution is 8.00. The summed E-state index contributed by atoms with van der Waals surface area (Å²) in [6, 6.07) is 10.7. The van der Waals surface area contributed by atoms with Crippen molar-refractivity contribution in [1.29, 1.82) is 0 Å². The van der Waals surface area contributed by atoms with Gasteiger partial charge in [-0.15, -0.1) is 10.2 Å². The number of aryl methyl sites for hydroxylation is 1. The molecule has 3 rings (SSSR count). The molecule has 166 valence electrons. The van der Waals surface area contributed by atoms with Crippen molar-refractivity contribution in [3.05, 3.63) is 64.2 Å². The standard InChI is InChI=1S/C22H22FN5O3S/c1-4-18(29)25-17-10-5-12(2)11-16(17)19-21(31)26-22(28-27-19)32-13(3)20(30)24-15-8-6-14(23)7-9-15/h5-11,13H,4H2,1-3H3,(H,24,30)(H,25,29)(H,26,28,31). The lowest BCUT2D eigenvalue weighted by Gasteiger charge is -2.12. The molecule has 0 spiro atoms. The zero-order valence-electron chi connectivity index (χ0n) is 17.7. The van der Waals surface area contributed by atoms with Crippen molar-refractivity contribution in [3.8, 4) is 11.3 Å². The highest BCUT2D eigenvalue weighted by atomic mass is 32.2. The third-order valence-electron chi connectivity index (χ3n) is 4.47. The number of thioether (sulfide) groups is 1. The monoisotopic (exact) mass is 455 g/mol. The molecule has 2 amide bonds. The van der Waals surface area contributed by atoms with E-state index in [4.69, 9.17) is 0 Å². The molecule has 1 heterocycles. The Morgan fingerprint density at radius 3 is 2.50 bits per heavy atom. The maximum absolute atomic E-state index is 13.0. The fourth-order valence-electron chi connectivity index (χ4n) is 2.75. The fraction of sp³-hybridized carbons (Fsp3) is 0.227. The molecule has 0 radical (unpaired) electrons. The largest absolute Gasteiger partial charge is 0.325 e. The fourth-order valence-corrected chi connectivity index (χ4v) is 3.49. The summed E-state index contributed by atoms with van der Waals surface area (Å²) < 4.78 is 13.0. The van der Waals surface area contributed by atoms with Crippen LogP contribution < -0.4 is 16.2 Å². The molecule has 3 N–H and O–H groups in total. The minimum Gasteiger partial charge on any atom is -0.325 e. The summed E-state index contributed by atoms with van der Waals surface area (Å²) in [6.45, 7) is 5.24. The molecule has 0 saturated heterocycles. The van der Waals surface area contributed by atoms with Gasteiger partial charge in [-0.3, -0.25) is 19.4 Å². The minimum absolute atomic E-state index is 0.0628. The van der Waals surface area contributed by atoms with E-state index >= 15 is 0 Å². The van der Waals surface area contributed by atoms with E-state index in [-0.39, 0.29) is 22.7 Å². The van der Waals surface area contributed by atoms with Crippen LogP contribution in [0.1, 0.15) is 25.8 Å². The Bertz CT molecular complexity index is 1200. The predicted molar refractivity (Wildman–Crippen MR) is 122 cm³/mol. The predicted octanol–water partition coefficient (Wildman–Crippen LogP) is 3.75. The van der Waals surface area contributed by atoms with Crippen LogP contribution in [0.25, 0.3) is 11.3 Å². The number of carbonyl (C=O) groups is 2. The summed E-state index contributed by atoms with van der Waals surface area (Å²) in [6.07, 6.45) is 0.294. The number of benzene rings is 2. The van der Waals surface area contributed by atoms with Gasteiger partial charge in [0, 0.05) is 17.7 Å². The lowest BCUT2D eigenvalue weighted by atomic mass is 10.1. The van der Waals surface area contributed by atoms with Crippen LogP contribution in [0.3, 0.4) is 0 Å². The summed E-state index contributed by atoms with van der Waals surface area (Å²) in [5, 5.41) is 13.1. The first-order valence-corrected chi connectivity index (χ1v) is 10.8. The Kier molecular flexibility index (Phi) is 7.37. The molecule has 1 aromatic heterocycles. The minimum atomic E-state index is -0.603. The van der Waals surface area contributed by atoms with Crippen molar-refractivity contribution in [2.45, 2.75) is 37.6 Å². The lowest BCUT2D eigenvalue weighted by Crippen LogP contribution is -2.23. The number of aromatic amines is 1. The summed E-state index contributed by atoms with van der Waals surface area (Å²) in [4.78, 5) is 39.6. The van der Waals surface area contributed by atoms with Crippen molar-refractivity contribution < 1.29 is 14.0 Å². The van der Waals surface area contributed by atoms with Gasteiger partial charge in [0.15, 0.2) is 10.9 Å². The van der Waals surface area contributed by atoms with Gasteiger partial charge in [0.2, 0.25) is 11.8 Å². The van der Waals surface area contributed by atoms with Crippen LogP contribution in [0.4, 0.5) is 15.8 Å². The second kappa shape index (κ2) is 10.2. The number of hydrogen-bond acceptors (Lipinski definition) is 6. The number of hydrogen-bond donors (Lipinski definition) is 3. The SMILES string of the molecule is CCC(=O)Nc1ccc(C)cc1-c1nnc(SC(C)C(=O)Nc2ccc(F)cc2)[nH]c1=O. The Morgan fingerprint density at radius 2 is 1.84 bits per heavy atom. The summed E-state index contributed by atoms with van der Waals surface area (Å²) >= 11 is 1.03. The molecule has 0 aliphatic heterocycles. The number of nitrogens with zero attached hydrogens (tertiary/aromatic N) is 2. The summed E-state index contributed by atoms with van der Waals surface area (Å²) in [5.41, 5.74) is 1.84. The first kappa shape index (κ1) is 23.1. The topological polar surface area (TPSA) is 117 Å². The Balaban J connectivity index is 1.77. The Hall–Kier alpha value is -3.53. The quantitative estimate of drug-likeness (QED) is 0.467. The van der Waals surface area contributed by atoms with Gasteiger partial charge in [-0.05, 0) is 50.2 Å². The smallest absolute Gasteiger partial charge is 0.278 e. The van der Waals surface area contributed by atoms with E-state index in [9.17, 15) is 18.8 Å². The van der Waals surface area contributed by atoms with Crippen LogP contribution in [0.2, 0.25) is 0 Å². The van der Waals surface area contributed by atoms with Crippen LogP contribution in [-0.2, 0) is 9.59 Å². The number of carbonyl (C=O) groups excluding carboxylic acids is 2. The van der Waals surface area contributed by atoms with Crippen molar-refractivity contribution in [1.82, 2.24) is 15.2 Å². The number of aromatic nitrogens is 3.